The molecule has 0 radical (unpaired) electrons. The molecule has 0 spiro atoms. The van der Waals surface area contributed by atoms with Crippen LogP contribution in [0.5, 0.6) is 0 Å². The number of thiazole rings is 1. The average Bonchev–Trinajstić information content (AvgIpc) is 3.16. The quantitative estimate of drug-likeness (QED) is 0.867. The summed E-state index contributed by atoms with van der Waals surface area (Å²) in [6.07, 6.45) is 3.99. The predicted molar refractivity (Wildman–Crippen MR) is 90.2 cm³/mol. The van der Waals surface area contributed by atoms with Crippen molar-refractivity contribution in [1.29, 1.82) is 0 Å². The van der Waals surface area contributed by atoms with Gasteiger partial charge in [-0.1, -0.05) is 0 Å². The molecule has 1 atom stereocenters. The molecule has 5 heteroatoms. The lowest BCUT2D eigenvalue weighted by Gasteiger charge is -2.25. The minimum Gasteiger partial charge on any atom is -0.397 e. The molecular formula is C16H22N4S. The Morgan fingerprint density at radius 2 is 2.05 bits per heavy atom. The first-order valence-electron chi connectivity index (χ1n) is 7.86. The molecule has 2 saturated heterocycles. The minimum absolute atomic E-state index is 0.708. The Morgan fingerprint density at radius 3 is 2.86 bits per heavy atom. The molecule has 1 aromatic heterocycles. The summed E-state index contributed by atoms with van der Waals surface area (Å²) in [6.45, 7) is 6.83. The zero-order chi connectivity index (χ0) is 14.4. The Bertz CT molecular complexity index is 660. The summed E-state index contributed by atoms with van der Waals surface area (Å²) < 4.78 is 1.20. The second-order valence-electron chi connectivity index (χ2n) is 6.24. The number of nitrogens with two attached hydrogens (primary N) is 1. The second-order valence-corrected chi connectivity index (χ2v) is 7.48. The summed E-state index contributed by atoms with van der Waals surface area (Å²) >= 11 is 1.72. The van der Waals surface area contributed by atoms with Gasteiger partial charge in [0.25, 0.3) is 0 Å². The summed E-state index contributed by atoms with van der Waals surface area (Å²) in [5.41, 5.74) is 9.46. The predicted octanol–water partition coefficient (Wildman–Crippen LogP) is 2.86. The van der Waals surface area contributed by atoms with Crippen LogP contribution in [0.25, 0.3) is 10.2 Å². The maximum atomic E-state index is 6.30. The van der Waals surface area contributed by atoms with E-state index in [1.165, 1.54) is 42.7 Å². The van der Waals surface area contributed by atoms with Crippen molar-refractivity contribution in [1.82, 2.24) is 9.88 Å². The number of nitrogens with zero attached hydrogens (tertiary/aromatic N) is 3. The van der Waals surface area contributed by atoms with E-state index in [1.807, 2.05) is 0 Å². The summed E-state index contributed by atoms with van der Waals surface area (Å²) in [5, 5.41) is 1.11. The van der Waals surface area contributed by atoms with Crippen molar-refractivity contribution in [2.45, 2.75) is 32.2 Å². The van der Waals surface area contributed by atoms with Gasteiger partial charge >= 0.3 is 0 Å². The van der Waals surface area contributed by atoms with Gasteiger partial charge in [0.2, 0.25) is 0 Å². The highest BCUT2D eigenvalue weighted by atomic mass is 32.1. The molecule has 3 heterocycles. The van der Waals surface area contributed by atoms with Gasteiger partial charge in [0.15, 0.2) is 0 Å². The third-order valence-corrected chi connectivity index (χ3v) is 5.74. The zero-order valence-corrected chi connectivity index (χ0v) is 13.3. The van der Waals surface area contributed by atoms with Gasteiger partial charge in [-0.25, -0.2) is 4.98 Å². The van der Waals surface area contributed by atoms with Crippen LogP contribution in [0.3, 0.4) is 0 Å². The van der Waals surface area contributed by atoms with Crippen LogP contribution < -0.4 is 10.6 Å². The fraction of sp³-hybridized carbons (Fsp3) is 0.562. The van der Waals surface area contributed by atoms with Gasteiger partial charge in [0.1, 0.15) is 0 Å². The topological polar surface area (TPSA) is 45.4 Å². The molecule has 0 aliphatic carbocycles. The highest BCUT2D eigenvalue weighted by molar-refractivity contribution is 7.18. The molecule has 1 unspecified atom stereocenters. The Balaban J connectivity index is 1.59. The van der Waals surface area contributed by atoms with Crippen molar-refractivity contribution in [2.75, 3.05) is 36.8 Å². The van der Waals surface area contributed by atoms with Gasteiger partial charge in [0.05, 0.1) is 26.6 Å². The Hall–Kier alpha value is -1.33. The van der Waals surface area contributed by atoms with Gasteiger partial charge in [-0.2, -0.15) is 0 Å². The van der Waals surface area contributed by atoms with Gasteiger partial charge < -0.3 is 10.6 Å². The molecule has 0 amide bonds. The average molecular weight is 302 g/mol. The number of likely N-dealkylation sites (tertiary alicyclic amines) is 1. The first kappa shape index (κ1) is 13.3. The van der Waals surface area contributed by atoms with E-state index in [2.05, 4.69) is 33.8 Å². The number of fused-ring (bicyclic) bond motifs is 1. The molecule has 2 aliphatic heterocycles. The summed E-state index contributed by atoms with van der Waals surface area (Å²) in [5.74, 6) is 0. The van der Waals surface area contributed by atoms with E-state index in [1.54, 1.807) is 11.3 Å². The van der Waals surface area contributed by atoms with Crippen LogP contribution in [-0.4, -0.2) is 42.1 Å². The third kappa shape index (κ3) is 2.38. The molecule has 4 nitrogen and oxygen atoms in total. The molecule has 2 aromatic rings. The summed E-state index contributed by atoms with van der Waals surface area (Å²) in [6, 6.07) is 4.98. The van der Waals surface area contributed by atoms with Gasteiger partial charge in [0, 0.05) is 19.1 Å². The fourth-order valence-corrected chi connectivity index (χ4v) is 4.59. The smallest absolute Gasteiger partial charge is 0.0907 e. The first-order chi connectivity index (χ1) is 10.2. The molecule has 0 saturated carbocycles. The molecular weight excluding hydrogens is 280 g/mol. The second kappa shape index (κ2) is 5.14. The van der Waals surface area contributed by atoms with E-state index >= 15 is 0 Å². The van der Waals surface area contributed by atoms with Crippen LogP contribution in [0.1, 0.15) is 24.3 Å². The Labute approximate surface area is 129 Å². The van der Waals surface area contributed by atoms with Crippen LogP contribution in [0.2, 0.25) is 0 Å². The number of nitrogen functional groups attached to an aromatic ring is 1. The van der Waals surface area contributed by atoms with E-state index in [0.717, 1.165) is 29.3 Å². The van der Waals surface area contributed by atoms with E-state index in [-0.39, 0.29) is 0 Å². The van der Waals surface area contributed by atoms with Crippen LogP contribution in [-0.2, 0) is 0 Å². The van der Waals surface area contributed by atoms with Gasteiger partial charge in [-0.15, -0.1) is 11.3 Å². The van der Waals surface area contributed by atoms with Crippen LogP contribution in [0.4, 0.5) is 11.4 Å². The first-order valence-corrected chi connectivity index (χ1v) is 8.68. The maximum absolute atomic E-state index is 6.30. The van der Waals surface area contributed by atoms with Crippen molar-refractivity contribution in [3.63, 3.8) is 0 Å². The number of aryl methyl sites for hydroxylation is 1. The minimum atomic E-state index is 0.708. The number of hydrogen-bond acceptors (Lipinski definition) is 5. The summed E-state index contributed by atoms with van der Waals surface area (Å²) in [4.78, 5) is 9.71. The number of anilines is 2. The van der Waals surface area contributed by atoms with Crippen LogP contribution in [0.15, 0.2) is 12.1 Å². The fourth-order valence-electron chi connectivity index (χ4n) is 3.73. The van der Waals surface area contributed by atoms with E-state index in [9.17, 15) is 0 Å². The van der Waals surface area contributed by atoms with E-state index in [0.29, 0.717) is 6.04 Å². The van der Waals surface area contributed by atoms with Crippen molar-refractivity contribution in [3.05, 3.63) is 17.1 Å². The third-order valence-electron chi connectivity index (χ3n) is 4.80. The maximum Gasteiger partial charge on any atom is 0.0907 e. The zero-order valence-electron chi connectivity index (χ0n) is 12.5. The Kier molecular flexibility index (Phi) is 3.27. The van der Waals surface area contributed by atoms with Crippen molar-refractivity contribution in [2.24, 2.45) is 0 Å². The van der Waals surface area contributed by atoms with Crippen LogP contribution >= 0.6 is 11.3 Å². The number of benzene rings is 1. The normalized spacial score (nSPS) is 23.5. The highest BCUT2D eigenvalue weighted by Gasteiger charge is 2.30. The molecule has 112 valence electrons. The number of rotatable bonds is 2. The molecule has 2 N–H and O–H groups in total. The lowest BCUT2D eigenvalue weighted by molar-refractivity contribution is 0.260. The van der Waals surface area contributed by atoms with E-state index in [4.69, 9.17) is 5.73 Å². The number of hydrogen-bond donors (Lipinski definition) is 1. The van der Waals surface area contributed by atoms with Gasteiger partial charge in [-0.05, 0) is 51.4 Å². The highest BCUT2D eigenvalue weighted by Crippen LogP contribution is 2.34. The number of aromatic nitrogens is 1. The lowest BCUT2D eigenvalue weighted by atomic mass is 10.2. The molecule has 21 heavy (non-hydrogen) atoms. The molecule has 4 rings (SSSR count). The Morgan fingerprint density at radius 1 is 1.24 bits per heavy atom. The molecule has 0 bridgehead atoms. The lowest BCUT2D eigenvalue weighted by Crippen LogP contribution is -2.35. The summed E-state index contributed by atoms with van der Waals surface area (Å²) in [7, 11) is 0. The SMILES string of the molecule is Cc1nc2cc(N3CCC(N4CCCC4)C3)c(N)cc2s1. The molecule has 1 aromatic carbocycles. The van der Waals surface area contributed by atoms with Crippen LogP contribution in [0, 0.1) is 6.92 Å². The molecule has 2 fully saturated rings. The van der Waals surface area contributed by atoms with Crippen molar-refractivity contribution in [3.8, 4) is 0 Å². The monoisotopic (exact) mass is 302 g/mol. The van der Waals surface area contributed by atoms with E-state index < -0.39 is 0 Å². The largest absolute Gasteiger partial charge is 0.397 e. The van der Waals surface area contributed by atoms with Crippen molar-refractivity contribution >= 4 is 32.9 Å². The van der Waals surface area contributed by atoms with Gasteiger partial charge in [-0.3, -0.25) is 4.90 Å². The molecule has 2 aliphatic rings. The standard InChI is InChI=1S/C16H22N4S/c1-11-18-14-9-15(13(17)8-16(14)21-11)20-7-4-12(10-20)19-5-2-3-6-19/h8-9,12H,2-7,10,17H2,1H3. The van der Waals surface area contributed by atoms with Crippen molar-refractivity contribution < 1.29 is 0 Å².